The Morgan fingerprint density at radius 1 is 0.279 bits per heavy atom. The minimum absolute atomic E-state index is 0.0726. The fourth-order valence-corrected chi connectivity index (χ4v) is 13.1. The topological polar surface area (TPSA) is 237 Å². The normalized spacial score (nSPS) is 14.3. The van der Waals surface area contributed by atoms with E-state index < -0.39 is 97.5 Å². The van der Waals surface area contributed by atoms with E-state index in [2.05, 4.69) is 113 Å². The van der Waals surface area contributed by atoms with Gasteiger partial charge in [0.05, 0.1) is 26.4 Å². The van der Waals surface area contributed by atoms with Gasteiger partial charge in [0.25, 0.3) is 0 Å². The maximum absolute atomic E-state index is 13.1. The van der Waals surface area contributed by atoms with E-state index in [1.807, 2.05) is 0 Å². The highest BCUT2D eigenvalue weighted by atomic mass is 31.2. The monoisotopic (exact) mass is 1510 g/mol. The lowest BCUT2D eigenvalue weighted by atomic mass is 10.0. The number of rotatable bonds is 79. The number of hydrogen-bond donors (Lipinski definition) is 3. The van der Waals surface area contributed by atoms with Crippen LogP contribution in [0.15, 0.2) is 85.1 Å². The Morgan fingerprint density at radius 2 is 0.500 bits per heavy atom. The predicted molar refractivity (Wildman–Crippen MR) is 427 cm³/mol. The molecule has 0 spiro atoms. The molecule has 0 aliphatic heterocycles. The molecule has 0 rings (SSSR count). The van der Waals surface area contributed by atoms with Crippen LogP contribution in [0.4, 0.5) is 0 Å². The second-order valence-corrected chi connectivity index (χ2v) is 31.0. The lowest BCUT2D eigenvalue weighted by Gasteiger charge is -2.21. The molecular formula is C85H152O17P2. The van der Waals surface area contributed by atoms with Crippen LogP contribution in [0.3, 0.4) is 0 Å². The molecule has 17 nitrogen and oxygen atoms in total. The average molecular weight is 1510 g/mol. The number of esters is 4. The smallest absolute Gasteiger partial charge is 0.462 e. The second-order valence-electron chi connectivity index (χ2n) is 28.1. The van der Waals surface area contributed by atoms with Crippen LogP contribution in [0, 0.1) is 0 Å². The minimum atomic E-state index is -4.99. The summed E-state index contributed by atoms with van der Waals surface area (Å²) >= 11 is 0. The standard InChI is InChI=1S/C85H152O17P2/c1-5-9-13-17-21-25-29-33-37-38-39-40-44-46-50-54-58-62-66-70-83(88)96-76-81(102-85(90)72-68-64-60-56-52-48-43-36-32-28-24-20-16-12-8-4)78-100-104(93,94)98-74-79(86)73-97-103(91,92)99-77-80(101-84(89)71-67-63-59-55-51-47-42-35-31-27-23-19-15-11-7-3)75-95-82(87)69-65-61-57-53-49-45-41-34-30-26-22-18-14-10-6-2/h9,13,21,24-25,28,33,36-37,39-40,43,46,50,79-81,86H,5-8,10-12,14-20,22-23,26-27,29-32,34-35,38,41-42,44-45,47-49,51-78H2,1-4H3,(H,91,92)(H,93,94)/b13-9-,25-21-,28-24-,37-33-,40-39-,43-36-,50-46-. The Balaban J connectivity index is 5.37. The molecule has 5 unspecified atom stereocenters. The summed E-state index contributed by atoms with van der Waals surface area (Å²) < 4.78 is 68.7. The molecule has 104 heavy (non-hydrogen) atoms. The minimum Gasteiger partial charge on any atom is -0.462 e. The van der Waals surface area contributed by atoms with Crippen molar-refractivity contribution in [1.82, 2.24) is 0 Å². The van der Waals surface area contributed by atoms with Crippen LogP contribution in [-0.2, 0) is 65.4 Å². The van der Waals surface area contributed by atoms with E-state index in [9.17, 15) is 43.2 Å². The Bertz CT molecular complexity index is 2300. The number of aliphatic hydroxyl groups excluding tert-OH is 1. The van der Waals surface area contributed by atoms with Crippen molar-refractivity contribution < 1.29 is 80.2 Å². The zero-order valence-electron chi connectivity index (χ0n) is 66.2. The average Bonchev–Trinajstić information content (AvgIpc) is 0.918. The number of aliphatic hydroxyl groups is 1. The molecule has 0 aromatic carbocycles. The first-order valence-corrected chi connectivity index (χ1v) is 44.8. The van der Waals surface area contributed by atoms with Crippen LogP contribution < -0.4 is 0 Å². The first kappa shape index (κ1) is 100. The molecule has 604 valence electrons. The number of phosphoric acid groups is 2. The van der Waals surface area contributed by atoms with Gasteiger partial charge in [0.2, 0.25) is 0 Å². The summed E-state index contributed by atoms with van der Waals surface area (Å²) in [5.41, 5.74) is 0. The molecule has 0 aromatic rings. The largest absolute Gasteiger partial charge is 0.472 e. The highest BCUT2D eigenvalue weighted by Crippen LogP contribution is 2.45. The maximum Gasteiger partial charge on any atom is 0.472 e. The van der Waals surface area contributed by atoms with E-state index in [-0.39, 0.29) is 25.7 Å². The third-order valence-corrected chi connectivity index (χ3v) is 19.8. The molecule has 0 saturated heterocycles. The van der Waals surface area contributed by atoms with E-state index in [1.165, 1.54) is 154 Å². The van der Waals surface area contributed by atoms with Gasteiger partial charge in [0, 0.05) is 25.7 Å². The van der Waals surface area contributed by atoms with Crippen molar-refractivity contribution in [3.05, 3.63) is 85.1 Å². The number of unbranched alkanes of at least 4 members (excludes halogenated alkanes) is 39. The number of ether oxygens (including phenoxy) is 4. The van der Waals surface area contributed by atoms with Gasteiger partial charge in [-0.2, -0.15) is 0 Å². The van der Waals surface area contributed by atoms with Crippen molar-refractivity contribution in [2.75, 3.05) is 39.6 Å². The number of carbonyl (C=O) groups excluding carboxylic acids is 4. The van der Waals surface area contributed by atoms with Crippen molar-refractivity contribution in [2.45, 2.75) is 393 Å². The first-order valence-electron chi connectivity index (χ1n) is 41.8. The van der Waals surface area contributed by atoms with Crippen molar-refractivity contribution in [3.63, 3.8) is 0 Å². The summed E-state index contributed by atoms with van der Waals surface area (Å²) in [5.74, 6) is -2.19. The molecule has 0 heterocycles. The zero-order valence-corrected chi connectivity index (χ0v) is 68.0. The van der Waals surface area contributed by atoms with E-state index in [4.69, 9.17) is 37.0 Å². The third-order valence-electron chi connectivity index (χ3n) is 17.9. The van der Waals surface area contributed by atoms with Gasteiger partial charge in [-0.15, -0.1) is 0 Å². The number of hydrogen-bond acceptors (Lipinski definition) is 15. The second kappa shape index (κ2) is 77.4. The molecule has 0 aliphatic carbocycles. The van der Waals surface area contributed by atoms with Crippen molar-refractivity contribution in [2.24, 2.45) is 0 Å². The number of phosphoric ester groups is 2. The van der Waals surface area contributed by atoms with Crippen LogP contribution in [0.5, 0.6) is 0 Å². The summed E-state index contributed by atoms with van der Waals surface area (Å²) in [4.78, 5) is 73.1. The van der Waals surface area contributed by atoms with Crippen LogP contribution in [0.2, 0.25) is 0 Å². The summed E-state index contributed by atoms with van der Waals surface area (Å²) in [6, 6.07) is 0. The maximum atomic E-state index is 13.1. The van der Waals surface area contributed by atoms with E-state index in [0.717, 1.165) is 141 Å². The third kappa shape index (κ3) is 76.4. The van der Waals surface area contributed by atoms with Gasteiger partial charge < -0.3 is 33.8 Å². The molecule has 0 saturated carbocycles. The quantitative estimate of drug-likeness (QED) is 0.0169. The van der Waals surface area contributed by atoms with Crippen LogP contribution >= 0.6 is 15.6 Å². The molecule has 0 radical (unpaired) electrons. The summed E-state index contributed by atoms with van der Waals surface area (Å²) in [6.45, 7) is 4.77. The molecule has 0 amide bonds. The molecule has 19 heteroatoms. The van der Waals surface area contributed by atoms with Crippen LogP contribution in [0.1, 0.15) is 374 Å². The van der Waals surface area contributed by atoms with Gasteiger partial charge in [-0.3, -0.25) is 37.3 Å². The number of carbonyl (C=O) groups is 4. The Labute approximate surface area is 634 Å². The molecule has 0 aromatic heterocycles. The highest BCUT2D eigenvalue weighted by Gasteiger charge is 2.30. The summed E-state index contributed by atoms with van der Waals surface area (Å²) in [7, 11) is -9.96. The molecule has 5 atom stereocenters. The Kier molecular flexibility index (Phi) is 74.6. The van der Waals surface area contributed by atoms with E-state index >= 15 is 0 Å². The SMILES string of the molecule is CC/C=C\C/C=C\C/C=C\C/C=C\C/C=C\CCCCCC(=O)OCC(COP(=O)(O)OCC(O)COP(=O)(O)OCC(COC(=O)CCCCCCCCCCCCCCCCC)OC(=O)CCCCCCCCCCCCCCCCC)OC(=O)CCCCCCC/C=C\C/C=C\CCCCC. The highest BCUT2D eigenvalue weighted by molar-refractivity contribution is 7.47. The van der Waals surface area contributed by atoms with E-state index in [0.29, 0.717) is 25.7 Å². The zero-order chi connectivity index (χ0) is 76.0. The molecular weight excluding hydrogens is 1350 g/mol. The van der Waals surface area contributed by atoms with Gasteiger partial charge in [-0.05, 0) is 103 Å². The predicted octanol–water partition coefficient (Wildman–Crippen LogP) is 24.6. The molecule has 0 aliphatic rings. The first-order chi connectivity index (χ1) is 50.7. The van der Waals surface area contributed by atoms with Crippen LogP contribution in [-0.4, -0.2) is 96.7 Å². The fraction of sp³-hybridized carbons (Fsp3) is 0.788. The van der Waals surface area contributed by atoms with E-state index in [1.54, 1.807) is 0 Å². The lowest BCUT2D eigenvalue weighted by molar-refractivity contribution is -0.161. The Morgan fingerprint density at radius 3 is 0.798 bits per heavy atom. The Hall–Kier alpha value is -3.76. The fourth-order valence-electron chi connectivity index (χ4n) is 11.5. The van der Waals surface area contributed by atoms with Crippen LogP contribution in [0.25, 0.3) is 0 Å². The van der Waals surface area contributed by atoms with Gasteiger partial charge in [0.15, 0.2) is 12.2 Å². The summed E-state index contributed by atoms with van der Waals surface area (Å²) in [6.07, 6.45) is 81.2. The lowest BCUT2D eigenvalue weighted by Crippen LogP contribution is -2.30. The molecule has 0 fully saturated rings. The van der Waals surface area contributed by atoms with Crippen molar-refractivity contribution in [1.29, 1.82) is 0 Å². The summed E-state index contributed by atoms with van der Waals surface area (Å²) in [5, 5.41) is 10.7. The van der Waals surface area contributed by atoms with Crippen molar-refractivity contribution >= 4 is 39.5 Å². The molecule has 0 bridgehead atoms. The number of allylic oxidation sites excluding steroid dienone is 14. The van der Waals surface area contributed by atoms with Gasteiger partial charge in [-0.25, -0.2) is 9.13 Å². The van der Waals surface area contributed by atoms with Gasteiger partial charge in [0.1, 0.15) is 19.3 Å². The molecule has 3 N–H and O–H groups in total. The van der Waals surface area contributed by atoms with Gasteiger partial charge in [-0.1, -0.05) is 331 Å². The van der Waals surface area contributed by atoms with Gasteiger partial charge >= 0.3 is 39.5 Å². The van der Waals surface area contributed by atoms with Crippen molar-refractivity contribution in [3.8, 4) is 0 Å².